The second-order valence-electron chi connectivity index (χ2n) is 13.0. The van der Waals surface area contributed by atoms with Crippen molar-refractivity contribution in [2.45, 2.75) is 76.9 Å². The number of hydrogen-bond acceptors (Lipinski definition) is 13. The van der Waals surface area contributed by atoms with Gasteiger partial charge in [-0.1, -0.05) is 75.2 Å². The van der Waals surface area contributed by atoms with Gasteiger partial charge in [0.1, 0.15) is 61.0 Å². The van der Waals surface area contributed by atoms with Crippen LogP contribution in [-0.2, 0) is 50.3 Å². The van der Waals surface area contributed by atoms with E-state index in [1.54, 1.807) is 48.5 Å². The summed E-state index contributed by atoms with van der Waals surface area (Å²) in [6.45, 7) is 2.41. The molecule has 4 aromatic rings. The number of esters is 1. The Balaban J connectivity index is 1.30. The van der Waals surface area contributed by atoms with Crippen LogP contribution in [0.1, 0.15) is 51.0 Å². The SMILES string of the molecule is CCC(CC)COC(=O)[C@H](C)N[P@](=O)(OC[C@@]1(CF)O[C@@H](c2ccc3c(=N)n(COP(=O)(O)OCc4ccccc4)cnn23)[C@H](O)[C@@H]1O)Oc1ccccc1. The van der Waals surface area contributed by atoms with Crippen LogP contribution in [0.2, 0.25) is 0 Å². The molecule has 300 valence electrons. The third-order valence-corrected chi connectivity index (χ3v) is 11.7. The molecule has 1 aliphatic rings. The number of fused-ring (bicyclic) bond motifs is 1. The number of halogens is 1. The number of phosphoric acid groups is 1. The topological polar surface area (TPSA) is 225 Å². The maximum Gasteiger partial charge on any atom is 0.474 e. The number of nitrogens with one attached hydrogen (secondary N) is 2. The van der Waals surface area contributed by atoms with E-state index in [9.17, 15) is 33.4 Å². The van der Waals surface area contributed by atoms with E-state index in [4.69, 9.17) is 33.0 Å². The van der Waals surface area contributed by atoms with Crippen molar-refractivity contribution in [3.8, 4) is 5.75 Å². The number of alkyl halides is 1. The van der Waals surface area contributed by atoms with Gasteiger partial charge in [-0.05, 0) is 42.7 Å². The molecule has 5 N–H and O–H groups in total. The molecule has 0 bridgehead atoms. The van der Waals surface area contributed by atoms with Crippen molar-refractivity contribution < 1.29 is 61.0 Å². The summed E-state index contributed by atoms with van der Waals surface area (Å²) in [6, 6.07) is 18.3. The van der Waals surface area contributed by atoms with E-state index < -0.39 is 71.5 Å². The second kappa shape index (κ2) is 18.4. The van der Waals surface area contributed by atoms with Crippen molar-refractivity contribution in [1.29, 1.82) is 5.41 Å². The summed E-state index contributed by atoms with van der Waals surface area (Å²) in [7, 11) is -9.06. The van der Waals surface area contributed by atoms with Gasteiger partial charge in [-0.3, -0.25) is 28.3 Å². The number of para-hydroxylation sites is 1. The summed E-state index contributed by atoms with van der Waals surface area (Å²) in [4.78, 5) is 23.0. The van der Waals surface area contributed by atoms with E-state index in [0.717, 1.165) is 23.7 Å². The van der Waals surface area contributed by atoms with Crippen molar-refractivity contribution in [1.82, 2.24) is 19.3 Å². The maximum atomic E-state index is 15.0. The van der Waals surface area contributed by atoms with Crippen LogP contribution in [0.25, 0.3) is 5.52 Å². The molecule has 2 aromatic heterocycles. The highest BCUT2D eigenvalue weighted by Gasteiger charge is 2.57. The number of phosphoric ester groups is 1. The molecule has 1 aliphatic heterocycles. The summed E-state index contributed by atoms with van der Waals surface area (Å²) in [5, 5.41) is 37.7. The van der Waals surface area contributed by atoms with Gasteiger partial charge in [0, 0.05) is 0 Å². The van der Waals surface area contributed by atoms with E-state index in [-0.39, 0.29) is 41.6 Å². The van der Waals surface area contributed by atoms with Gasteiger partial charge in [-0.25, -0.2) is 18.0 Å². The smallest absolute Gasteiger partial charge is 0.464 e. The van der Waals surface area contributed by atoms with Crippen molar-refractivity contribution in [2.75, 3.05) is 19.9 Å². The van der Waals surface area contributed by atoms with Gasteiger partial charge in [0.2, 0.25) is 0 Å². The molecule has 2 aromatic carbocycles. The molecule has 1 fully saturated rings. The molecule has 1 unspecified atom stereocenters. The molecule has 0 spiro atoms. The Hall–Kier alpha value is -3.80. The van der Waals surface area contributed by atoms with Gasteiger partial charge in [-0.15, -0.1) is 0 Å². The second-order valence-corrected chi connectivity index (χ2v) is 16.1. The molecule has 0 aliphatic carbocycles. The highest BCUT2D eigenvalue weighted by atomic mass is 31.2. The number of benzene rings is 2. The molecule has 7 atom stereocenters. The number of carbonyl (C=O) groups is 1. The number of aliphatic hydroxyl groups excluding tert-OH is 2. The van der Waals surface area contributed by atoms with Crippen LogP contribution in [0.4, 0.5) is 4.39 Å². The van der Waals surface area contributed by atoms with E-state index in [2.05, 4.69) is 10.2 Å². The quantitative estimate of drug-likeness (QED) is 0.0610. The lowest BCUT2D eigenvalue weighted by Crippen LogP contribution is -2.49. The summed E-state index contributed by atoms with van der Waals surface area (Å²) in [5.41, 5.74) is -1.62. The Labute approximate surface area is 316 Å². The molecule has 5 rings (SSSR count). The highest BCUT2D eigenvalue weighted by Crippen LogP contribution is 2.49. The van der Waals surface area contributed by atoms with Gasteiger partial charge in [0.15, 0.2) is 5.49 Å². The predicted octanol–water partition coefficient (Wildman–Crippen LogP) is 4.57. The fraction of sp³-hybridized carbons (Fsp3) is 0.457. The zero-order valence-corrected chi connectivity index (χ0v) is 32.3. The summed E-state index contributed by atoms with van der Waals surface area (Å²) >= 11 is 0. The first-order valence-corrected chi connectivity index (χ1v) is 20.6. The van der Waals surface area contributed by atoms with Crippen molar-refractivity contribution in [3.05, 3.63) is 95.9 Å². The van der Waals surface area contributed by atoms with E-state index in [0.29, 0.717) is 5.56 Å². The molecular weight excluding hydrogens is 763 g/mol. The minimum absolute atomic E-state index is 0.0945. The van der Waals surface area contributed by atoms with Crippen molar-refractivity contribution in [3.63, 3.8) is 0 Å². The number of carbonyl (C=O) groups excluding carboxylic acids is 1. The van der Waals surface area contributed by atoms with E-state index >= 15 is 0 Å². The first kappa shape index (κ1) is 42.3. The first-order chi connectivity index (χ1) is 26.2. The predicted molar refractivity (Wildman–Crippen MR) is 194 cm³/mol. The van der Waals surface area contributed by atoms with Gasteiger partial charge in [0.05, 0.1) is 25.5 Å². The Morgan fingerprint density at radius 2 is 1.71 bits per heavy atom. The minimum Gasteiger partial charge on any atom is -0.464 e. The van der Waals surface area contributed by atoms with Crippen LogP contribution in [0.5, 0.6) is 5.75 Å². The van der Waals surface area contributed by atoms with Crippen LogP contribution >= 0.6 is 15.6 Å². The number of aromatic nitrogens is 3. The third-order valence-electron chi connectivity index (χ3n) is 9.14. The Morgan fingerprint density at radius 3 is 2.36 bits per heavy atom. The van der Waals surface area contributed by atoms with Gasteiger partial charge >= 0.3 is 21.5 Å². The molecule has 17 nitrogen and oxygen atoms in total. The fourth-order valence-electron chi connectivity index (χ4n) is 5.70. The molecule has 55 heavy (non-hydrogen) atoms. The van der Waals surface area contributed by atoms with Crippen molar-refractivity contribution >= 4 is 27.1 Å². The number of rotatable bonds is 20. The molecular formula is C35H46FN5O12P2. The number of aliphatic hydroxyl groups is 2. The van der Waals surface area contributed by atoms with Crippen molar-refractivity contribution in [2.24, 2.45) is 5.92 Å². The molecule has 0 saturated carbocycles. The highest BCUT2D eigenvalue weighted by molar-refractivity contribution is 7.52. The molecule has 0 amide bonds. The molecule has 3 heterocycles. The average molecular weight is 810 g/mol. The minimum atomic E-state index is -4.53. The number of nitrogens with zero attached hydrogens (tertiary/aromatic N) is 3. The molecule has 1 saturated heterocycles. The van der Waals surface area contributed by atoms with Crippen LogP contribution < -0.4 is 15.1 Å². The van der Waals surface area contributed by atoms with Crippen LogP contribution in [0.15, 0.2) is 79.1 Å². The third kappa shape index (κ3) is 10.3. The first-order valence-electron chi connectivity index (χ1n) is 17.5. The lowest BCUT2D eigenvalue weighted by atomic mass is 9.96. The monoisotopic (exact) mass is 809 g/mol. The standard InChI is InChI=1S/C35H46FN5O12P2/c1-4-25(5-2)18-48-34(44)24(3)39-54(45,53-27-14-10-7-11-15-27)50-21-35(20-36)32(43)30(42)31(52-35)28-16-17-29-33(37)40(22-38-41(28)29)23-51-55(46,47)49-19-26-12-8-6-9-13-26/h6-17,22,24-25,30-32,37,42-43H,4-5,18-21,23H2,1-3H3,(H,39,45)(H,46,47)/t24-,30-,31-,32-,35+,54-/m0/s1. The Bertz CT molecular complexity index is 2040. The largest absolute Gasteiger partial charge is 0.474 e. The van der Waals surface area contributed by atoms with Gasteiger partial charge < -0.3 is 29.1 Å². The van der Waals surface area contributed by atoms with Crippen LogP contribution in [0, 0.1) is 11.3 Å². The van der Waals surface area contributed by atoms with Crippen LogP contribution in [-0.4, -0.2) is 79.0 Å². The number of ether oxygens (including phenoxy) is 2. The van der Waals surface area contributed by atoms with E-state index in [1.807, 2.05) is 13.8 Å². The molecule has 20 heteroatoms. The van der Waals surface area contributed by atoms with E-state index in [1.165, 1.54) is 35.7 Å². The zero-order valence-electron chi connectivity index (χ0n) is 30.5. The van der Waals surface area contributed by atoms with Gasteiger partial charge in [-0.2, -0.15) is 10.2 Å². The lowest BCUT2D eigenvalue weighted by molar-refractivity contribution is -0.146. The Morgan fingerprint density at radius 1 is 1.04 bits per heavy atom. The Kier molecular flexibility index (Phi) is 14.2. The normalized spacial score (nSPS) is 22.7. The zero-order chi connectivity index (χ0) is 39.8. The fourth-order valence-corrected chi connectivity index (χ4v) is 7.91. The van der Waals surface area contributed by atoms with Gasteiger partial charge in [0.25, 0.3) is 0 Å². The summed E-state index contributed by atoms with van der Waals surface area (Å²) < 4.78 is 76.7. The number of hydrogen-bond donors (Lipinski definition) is 5. The summed E-state index contributed by atoms with van der Waals surface area (Å²) in [6.07, 6.45) is -2.40. The van der Waals surface area contributed by atoms with Crippen LogP contribution in [0.3, 0.4) is 0 Å². The maximum absolute atomic E-state index is 15.0. The average Bonchev–Trinajstić information content (AvgIpc) is 3.72. The molecule has 0 radical (unpaired) electrons. The lowest BCUT2D eigenvalue weighted by Gasteiger charge is -2.31. The summed E-state index contributed by atoms with van der Waals surface area (Å²) in [5.74, 6) is -0.495.